The first-order valence-corrected chi connectivity index (χ1v) is 12.3. The molecule has 5 aromatic rings. The molecule has 0 atom stereocenters. The Labute approximate surface area is 212 Å². The van der Waals surface area contributed by atoms with Gasteiger partial charge < -0.3 is 14.5 Å². The number of aromatic nitrogens is 4. The molecular weight excluding hydrogens is 474 g/mol. The van der Waals surface area contributed by atoms with Gasteiger partial charge >= 0.3 is 0 Å². The molecule has 1 amide bonds. The molecule has 0 bridgehead atoms. The van der Waals surface area contributed by atoms with E-state index in [1.54, 1.807) is 18.7 Å². The van der Waals surface area contributed by atoms with Crippen LogP contribution in [0.2, 0.25) is 0 Å². The van der Waals surface area contributed by atoms with Crippen LogP contribution in [-0.2, 0) is 11.3 Å². The molecule has 8 nitrogen and oxygen atoms in total. The lowest BCUT2D eigenvalue weighted by Gasteiger charge is -2.10. The van der Waals surface area contributed by atoms with E-state index in [0.717, 1.165) is 22.6 Å². The number of carbonyl (C=O) groups is 1. The molecule has 0 spiro atoms. The standard InChI is InChI=1S/C27H23N5O3S/c1-19-5-2-7-23(15-19)35-22-11-9-21(10-12-22)29-25(33)18-36-27-31-30-26(20-6-3-13-28-16-20)32(27)17-24-8-4-14-34-24/h2-16H,17-18H2,1H3,(H,29,33). The lowest BCUT2D eigenvalue weighted by Crippen LogP contribution is -2.14. The van der Waals surface area contributed by atoms with Gasteiger partial charge in [0.05, 0.1) is 18.6 Å². The number of rotatable bonds is 9. The van der Waals surface area contributed by atoms with E-state index in [-0.39, 0.29) is 11.7 Å². The second kappa shape index (κ2) is 10.9. The SMILES string of the molecule is Cc1cccc(Oc2ccc(NC(=O)CSc3nnc(-c4cccnc4)n3Cc3ccco3)cc2)c1. The summed E-state index contributed by atoms with van der Waals surface area (Å²) in [6, 6.07) is 22.6. The highest BCUT2D eigenvalue weighted by Crippen LogP contribution is 2.26. The lowest BCUT2D eigenvalue weighted by molar-refractivity contribution is -0.113. The Morgan fingerprint density at radius 3 is 2.67 bits per heavy atom. The van der Waals surface area contributed by atoms with E-state index in [4.69, 9.17) is 9.15 Å². The number of ether oxygens (including phenoxy) is 1. The number of nitrogens with one attached hydrogen (secondary N) is 1. The largest absolute Gasteiger partial charge is 0.467 e. The van der Waals surface area contributed by atoms with Crippen LogP contribution in [-0.4, -0.2) is 31.4 Å². The molecule has 0 saturated carbocycles. The molecule has 0 aliphatic rings. The van der Waals surface area contributed by atoms with Crippen LogP contribution in [0, 0.1) is 6.92 Å². The molecule has 2 aromatic carbocycles. The highest BCUT2D eigenvalue weighted by Gasteiger charge is 2.17. The monoisotopic (exact) mass is 497 g/mol. The average Bonchev–Trinajstić information content (AvgIpc) is 3.55. The van der Waals surface area contributed by atoms with Crippen molar-refractivity contribution >= 4 is 23.4 Å². The van der Waals surface area contributed by atoms with Gasteiger partial charge in [0.2, 0.25) is 5.91 Å². The maximum atomic E-state index is 12.7. The maximum absolute atomic E-state index is 12.7. The van der Waals surface area contributed by atoms with Crippen molar-refractivity contribution in [1.82, 2.24) is 19.7 Å². The van der Waals surface area contributed by atoms with Crippen LogP contribution in [0.25, 0.3) is 11.4 Å². The van der Waals surface area contributed by atoms with Crippen LogP contribution in [0.3, 0.4) is 0 Å². The summed E-state index contributed by atoms with van der Waals surface area (Å²) in [5.41, 5.74) is 2.65. The fourth-order valence-electron chi connectivity index (χ4n) is 3.55. The second-order valence-corrected chi connectivity index (χ2v) is 8.94. The number of nitrogens with zero attached hydrogens (tertiary/aromatic N) is 4. The molecule has 36 heavy (non-hydrogen) atoms. The summed E-state index contributed by atoms with van der Waals surface area (Å²) in [6.45, 7) is 2.46. The van der Waals surface area contributed by atoms with Crippen molar-refractivity contribution < 1.29 is 13.9 Å². The molecule has 180 valence electrons. The van der Waals surface area contributed by atoms with Crippen molar-refractivity contribution in [3.8, 4) is 22.9 Å². The number of furan rings is 1. The van der Waals surface area contributed by atoms with Crippen molar-refractivity contribution in [2.75, 3.05) is 11.1 Å². The van der Waals surface area contributed by atoms with E-state index in [2.05, 4.69) is 20.5 Å². The quantitative estimate of drug-likeness (QED) is 0.257. The molecule has 0 saturated heterocycles. The minimum Gasteiger partial charge on any atom is -0.467 e. The van der Waals surface area contributed by atoms with Crippen LogP contribution < -0.4 is 10.1 Å². The van der Waals surface area contributed by atoms with Crippen molar-refractivity contribution in [2.24, 2.45) is 0 Å². The molecule has 3 aromatic heterocycles. The van der Waals surface area contributed by atoms with E-state index in [1.165, 1.54) is 11.8 Å². The molecule has 0 radical (unpaired) electrons. The van der Waals surface area contributed by atoms with Crippen molar-refractivity contribution in [3.63, 3.8) is 0 Å². The first-order valence-electron chi connectivity index (χ1n) is 11.3. The van der Waals surface area contributed by atoms with Gasteiger partial charge in [0.1, 0.15) is 17.3 Å². The van der Waals surface area contributed by atoms with Crippen molar-refractivity contribution in [1.29, 1.82) is 0 Å². The van der Waals surface area contributed by atoms with Gasteiger partial charge in [-0.3, -0.25) is 14.3 Å². The molecule has 1 N–H and O–H groups in total. The molecule has 0 unspecified atom stereocenters. The minimum atomic E-state index is -0.150. The Morgan fingerprint density at radius 2 is 1.92 bits per heavy atom. The number of pyridine rings is 1. The Kier molecular flexibility index (Phi) is 7.09. The van der Waals surface area contributed by atoms with Gasteiger partial charge in [0.15, 0.2) is 11.0 Å². The number of anilines is 1. The summed E-state index contributed by atoms with van der Waals surface area (Å²) in [5.74, 6) is 2.91. The van der Waals surface area contributed by atoms with Gasteiger partial charge in [0.25, 0.3) is 0 Å². The number of hydrogen-bond donors (Lipinski definition) is 1. The van der Waals surface area contributed by atoms with Gasteiger partial charge in [-0.15, -0.1) is 10.2 Å². The first-order chi connectivity index (χ1) is 17.6. The van der Waals surface area contributed by atoms with Gasteiger partial charge in [-0.25, -0.2) is 0 Å². The highest BCUT2D eigenvalue weighted by atomic mass is 32.2. The Balaban J connectivity index is 1.23. The van der Waals surface area contributed by atoms with E-state index < -0.39 is 0 Å². The molecular formula is C27H23N5O3S. The van der Waals surface area contributed by atoms with Gasteiger partial charge in [0, 0.05) is 23.6 Å². The van der Waals surface area contributed by atoms with Gasteiger partial charge in [-0.2, -0.15) is 0 Å². The number of thioether (sulfide) groups is 1. The third kappa shape index (κ3) is 5.81. The van der Waals surface area contributed by atoms with E-state index >= 15 is 0 Å². The normalized spacial score (nSPS) is 10.8. The minimum absolute atomic E-state index is 0.150. The predicted molar refractivity (Wildman–Crippen MR) is 138 cm³/mol. The Bertz CT molecular complexity index is 1430. The van der Waals surface area contributed by atoms with Crippen LogP contribution >= 0.6 is 11.8 Å². The number of benzene rings is 2. The summed E-state index contributed by atoms with van der Waals surface area (Å²) >= 11 is 1.31. The van der Waals surface area contributed by atoms with E-state index in [1.807, 2.05) is 84.3 Å². The fourth-order valence-corrected chi connectivity index (χ4v) is 4.29. The van der Waals surface area contributed by atoms with Crippen LogP contribution in [0.5, 0.6) is 11.5 Å². The zero-order valence-electron chi connectivity index (χ0n) is 19.5. The van der Waals surface area contributed by atoms with Crippen LogP contribution in [0.15, 0.2) is 101 Å². The molecule has 3 heterocycles. The Hall–Kier alpha value is -4.37. The number of carbonyl (C=O) groups excluding carboxylic acids is 1. The van der Waals surface area contributed by atoms with Crippen molar-refractivity contribution in [3.05, 3.63) is 103 Å². The topological polar surface area (TPSA) is 95.1 Å². The molecule has 0 aliphatic carbocycles. The summed E-state index contributed by atoms with van der Waals surface area (Å²) in [5, 5.41) is 12.2. The van der Waals surface area contributed by atoms with Crippen LogP contribution in [0.4, 0.5) is 5.69 Å². The van der Waals surface area contributed by atoms with E-state index in [9.17, 15) is 4.79 Å². The van der Waals surface area contributed by atoms with E-state index in [0.29, 0.717) is 29.0 Å². The maximum Gasteiger partial charge on any atom is 0.234 e. The summed E-state index contributed by atoms with van der Waals surface area (Å²) in [6.07, 6.45) is 5.06. The number of aryl methyl sites for hydroxylation is 1. The number of amides is 1. The van der Waals surface area contributed by atoms with Gasteiger partial charge in [-0.05, 0) is 73.2 Å². The predicted octanol–water partition coefficient (Wildman–Crippen LogP) is 5.81. The van der Waals surface area contributed by atoms with Crippen molar-refractivity contribution in [2.45, 2.75) is 18.6 Å². The third-order valence-electron chi connectivity index (χ3n) is 5.23. The zero-order valence-corrected chi connectivity index (χ0v) is 20.3. The van der Waals surface area contributed by atoms with Crippen LogP contribution in [0.1, 0.15) is 11.3 Å². The first kappa shape index (κ1) is 23.4. The molecule has 5 rings (SSSR count). The highest BCUT2D eigenvalue weighted by molar-refractivity contribution is 7.99. The summed E-state index contributed by atoms with van der Waals surface area (Å²) in [7, 11) is 0. The third-order valence-corrected chi connectivity index (χ3v) is 6.19. The molecule has 0 aliphatic heterocycles. The Morgan fingerprint density at radius 1 is 1.03 bits per heavy atom. The number of hydrogen-bond acceptors (Lipinski definition) is 7. The lowest BCUT2D eigenvalue weighted by atomic mass is 10.2. The second-order valence-electron chi connectivity index (χ2n) is 7.99. The molecule has 0 fully saturated rings. The average molecular weight is 498 g/mol. The van der Waals surface area contributed by atoms with Gasteiger partial charge in [-0.1, -0.05) is 23.9 Å². The summed E-state index contributed by atoms with van der Waals surface area (Å²) in [4.78, 5) is 16.8. The smallest absolute Gasteiger partial charge is 0.234 e. The molecule has 9 heteroatoms. The fraction of sp³-hybridized carbons (Fsp3) is 0.111. The summed E-state index contributed by atoms with van der Waals surface area (Å²) < 4.78 is 13.3. The zero-order chi connectivity index (χ0) is 24.7.